The average Bonchev–Trinajstić information content (AvgIpc) is 3.35. The quantitative estimate of drug-likeness (QED) is 0.189. The van der Waals surface area contributed by atoms with Crippen LogP contribution in [0.5, 0.6) is 0 Å². The molecule has 1 fully saturated rings. The molecule has 6 rings (SSSR count). The lowest BCUT2D eigenvalue weighted by Crippen LogP contribution is -2.32. The van der Waals surface area contributed by atoms with Gasteiger partial charge in [0.25, 0.3) is 10.0 Å². The number of hydrogen-bond acceptors (Lipinski definition) is 7. The number of imidazole rings is 1. The molecule has 0 spiro atoms. The molecule has 13 heteroatoms. The number of rotatable bonds is 9. The molecule has 3 N–H and O–H groups in total. The fourth-order valence-corrected chi connectivity index (χ4v) is 6.46. The van der Waals surface area contributed by atoms with Crippen molar-refractivity contribution in [1.82, 2.24) is 24.8 Å². The third-order valence-electron chi connectivity index (χ3n) is 7.28. The molecule has 0 amide bonds. The number of nitrogens with one attached hydrogen (secondary N) is 3. The van der Waals surface area contributed by atoms with E-state index in [2.05, 4.69) is 20.3 Å². The van der Waals surface area contributed by atoms with Crippen LogP contribution in [0.3, 0.4) is 0 Å². The number of fused-ring (bicyclic) bond motifs is 1. The van der Waals surface area contributed by atoms with Crippen LogP contribution in [0.2, 0.25) is 5.02 Å². The van der Waals surface area contributed by atoms with Gasteiger partial charge in [-0.3, -0.25) is 4.72 Å². The normalized spacial score (nSPS) is 15.5. The number of piperidine rings is 1. The van der Waals surface area contributed by atoms with E-state index in [-0.39, 0.29) is 11.4 Å². The molecule has 1 saturated heterocycles. The van der Waals surface area contributed by atoms with Crippen LogP contribution in [-0.4, -0.2) is 41.0 Å². The lowest BCUT2D eigenvalue weighted by atomic mass is 9.99. The smallest absolute Gasteiger partial charge is 0.261 e. The third kappa shape index (κ3) is 6.46. The molecule has 0 radical (unpaired) electrons. The van der Waals surface area contributed by atoms with E-state index >= 15 is 0 Å². The van der Waals surface area contributed by atoms with Crippen molar-refractivity contribution in [3.8, 4) is 11.4 Å². The van der Waals surface area contributed by atoms with Gasteiger partial charge in [0.2, 0.25) is 5.95 Å². The number of benzene rings is 3. The molecule has 1 aliphatic rings. The Balaban J connectivity index is 1.32. The Morgan fingerprint density at radius 2 is 1.86 bits per heavy atom. The fraction of sp³-hybridized carbons (Fsp3) is 0.233. The topological polar surface area (TPSA) is 114 Å². The van der Waals surface area contributed by atoms with Crippen molar-refractivity contribution in [3.05, 3.63) is 95.1 Å². The fourth-order valence-electron chi connectivity index (χ4n) is 5.12. The van der Waals surface area contributed by atoms with E-state index in [1.165, 1.54) is 18.2 Å². The largest absolute Gasteiger partial charge is 0.350 e. The Labute approximate surface area is 252 Å². The monoisotopic (exact) mass is 623 g/mol. The second-order valence-corrected chi connectivity index (χ2v) is 12.5. The van der Waals surface area contributed by atoms with E-state index < -0.39 is 21.7 Å². The summed E-state index contributed by atoms with van der Waals surface area (Å²) in [6, 6.07) is 16.7. The highest BCUT2D eigenvalue weighted by atomic mass is 35.5. The van der Waals surface area contributed by atoms with Crippen LogP contribution in [0.25, 0.3) is 22.6 Å². The highest BCUT2D eigenvalue weighted by Gasteiger charge is 2.22. The molecule has 0 aliphatic carbocycles. The zero-order valence-electron chi connectivity index (χ0n) is 22.9. The zero-order valence-corrected chi connectivity index (χ0v) is 24.5. The van der Waals surface area contributed by atoms with Crippen LogP contribution in [0, 0.1) is 17.6 Å². The zero-order chi connectivity index (χ0) is 30.0. The number of nitrogens with zero attached hydrogens (tertiary/aromatic N) is 4. The predicted molar refractivity (Wildman–Crippen MR) is 162 cm³/mol. The SMILES string of the molecule is O=S(=O)(Nc1ccc(-c2nc3cnc(NCc4ccc(F)c(F)c4)nc3n2C[C@@H]2CCCNC2)c(Cl)c1)c1ccccc1. The molecule has 0 saturated carbocycles. The van der Waals surface area contributed by atoms with Crippen LogP contribution >= 0.6 is 11.6 Å². The van der Waals surface area contributed by atoms with Crippen LogP contribution in [0.1, 0.15) is 18.4 Å². The minimum absolute atomic E-state index is 0.144. The van der Waals surface area contributed by atoms with E-state index in [1.54, 1.807) is 42.6 Å². The maximum Gasteiger partial charge on any atom is 0.261 e. The molecule has 9 nitrogen and oxygen atoms in total. The average molecular weight is 624 g/mol. The number of sulfonamides is 1. The highest BCUT2D eigenvalue weighted by molar-refractivity contribution is 7.92. The predicted octanol–water partition coefficient (Wildman–Crippen LogP) is 5.84. The molecule has 3 aromatic carbocycles. The van der Waals surface area contributed by atoms with E-state index in [9.17, 15) is 17.2 Å². The van der Waals surface area contributed by atoms with Crippen molar-refractivity contribution in [1.29, 1.82) is 0 Å². The molecule has 1 aliphatic heterocycles. The second kappa shape index (κ2) is 12.2. The summed E-state index contributed by atoms with van der Waals surface area (Å²) in [6.45, 7) is 2.64. The summed E-state index contributed by atoms with van der Waals surface area (Å²) in [6.07, 6.45) is 3.69. The van der Waals surface area contributed by atoms with E-state index in [0.29, 0.717) is 57.2 Å². The van der Waals surface area contributed by atoms with Crippen molar-refractivity contribution < 1.29 is 17.2 Å². The minimum Gasteiger partial charge on any atom is -0.350 e. The van der Waals surface area contributed by atoms with Crippen LogP contribution in [0.15, 0.2) is 77.8 Å². The Kier molecular flexibility index (Phi) is 8.24. The van der Waals surface area contributed by atoms with Gasteiger partial charge >= 0.3 is 0 Å². The lowest BCUT2D eigenvalue weighted by molar-refractivity contribution is 0.341. The Bertz CT molecular complexity index is 1880. The van der Waals surface area contributed by atoms with Crippen molar-refractivity contribution >= 4 is 44.4 Å². The van der Waals surface area contributed by atoms with Gasteiger partial charge in [0, 0.05) is 18.7 Å². The summed E-state index contributed by atoms with van der Waals surface area (Å²) in [5.74, 6) is -0.613. The van der Waals surface area contributed by atoms with Crippen LogP contribution in [0.4, 0.5) is 20.4 Å². The molecule has 1 atom stereocenters. The molecular weight excluding hydrogens is 596 g/mol. The molecule has 0 unspecified atom stereocenters. The van der Waals surface area contributed by atoms with Crippen molar-refractivity contribution in [2.45, 2.75) is 30.8 Å². The van der Waals surface area contributed by atoms with Gasteiger partial charge in [-0.15, -0.1) is 0 Å². The first-order valence-electron chi connectivity index (χ1n) is 13.8. The van der Waals surface area contributed by atoms with Crippen molar-refractivity contribution in [2.24, 2.45) is 5.92 Å². The standard InChI is InChI=1S/C30H28ClF2N7O2S/c31-24-14-21(39-43(41,42)22-6-2-1-3-7-22)9-10-23(24)28-37-27-17-36-30(35-16-19-8-11-25(32)26(33)13-19)38-29(27)40(28)18-20-5-4-12-34-15-20/h1-3,6-11,13-14,17,20,34,39H,4-5,12,15-16,18H2,(H,35,36,38)/t20-/m1/s1. The molecule has 43 heavy (non-hydrogen) atoms. The van der Waals surface area contributed by atoms with Crippen molar-refractivity contribution in [2.75, 3.05) is 23.1 Å². The summed E-state index contributed by atoms with van der Waals surface area (Å²) in [5.41, 5.74) is 2.62. The number of aromatic nitrogens is 4. The first-order chi connectivity index (χ1) is 20.8. The molecule has 2 aromatic heterocycles. The lowest BCUT2D eigenvalue weighted by Gasteiger charge is -2.24. The van der Waals surface area contributed by atoms with Gasteiger partial charge in [0.05, 0.1) is 21.8 Å². The summed E-state index contributed by atoms with van der Waals surface area (Å²) in [4.78, 5) is 14.1. The Morgan fingerprint density at radius 3 is 2.60 bits per heavy atom. The molecule has 3 heterocycles. The van der Waals surface area contributed by atoms with E-state index in [1.807, 2.05) is 4.57 Å². The molecule has 5 aromatic rings. The highest BCUT2D eigenvalue weighted by Crippen LogP contribution is 2.33. The van der Waals surface area contributed by atoms with Gasteiger partial charge in [0.1, 0.15) is 11.3 Å². The van der Waals surface area contributed by atoms with Crippen LogP contribution in [-0.2, 0) is 23.1 Å². The maximum atomic E-state index is 13.7. The van der Waals surface area contributed by atoms with Gasteiger partial charge < -0.3 is 15.2 Å². The first kappa shape index (κ1) is 29.0. The summed E-state index contributed by atoms with van der Waals surface area (Å²) in [5, 5.41) is 6.83. The number of halogens is 3. The second-order valence-electron chi connectivity index (χ2n) is 10.4. The number of hydrogen-bond donors (Lipinski definition) is 3. The Hall–Kier alpha value is -4.13. The van der Waals surface area contributed by atoms with Gasteiger partial charge in [-0.25, -0.2) is 27.2 Å². The molecule has 0 bridgehead atoms. The minimum atomic E-state index is -3.79. The van der Waals surface area contributed by atoms with Gasteiger partial charge in [-0.05, 0) is 79.9 Å². The van der Waals surface area contributed by atoms with Crippen LogP contribution < -0.4 is 15.4 Å². The van der Waals surface area contributed by atoms with E-state index in [0.717, 1.165) is 38.1 Å². The van der Waals surface area contributed by atoms with Gasteiger partial charge in [0.15, 0.2) is 17.3 Å². The van der Waals surface area contributed by atoms with Crippen molar-refractivity contribution in [3.63, 3.8) is 0 Å². The van der Waals surface area contributed by atoms with E-state index in [4.69, 9.17) is 21.6 Å². The Morgan fingerprint density at radius 1 is 1.02 bits per heavy atom. The summed E-state index contributed by atoms with van der Waals surface area (Å²) < 4.78 is 57.3. The van der Waals surface area contributed by atoms with Gasteiger partial charge in [-0.2, -0.15) is 4.98 Å². The van der Waals surface area contributed by atoms with Gasteiger partial charge in [-0.1, -0.05) is 35.9 Å². The first-order valence-corrected chi connectivity index (χ1v) is 15.6. The molecule has 222 valence electrons. The summed E-state index contributed by atoms with van der Waals surface area (Å²) >= 11 is 6.75. The maximum absolute atomic E-state index is 13.7. The molecular formula is C30H28ClF2N7O2S. The third-order valence-corrected chi connectivity index (χ3v) is 8.99. The summed E-state index contributed by atoms with van der Waals surface area (Å²) in [7, 11) is -3.79. The number of anilines is 2.